The van der Waals surface area contributed by atoms with Crippen LogP contribution in [0.3, 0.4) is 0 Å². The van der Waals surface area contributed by atoms with E-state index in [4.69, 9.17) is 21.1 Å². The summed E-state index contributed by atoms with van der Waals surface area (Å²) in [6, 6.07) is 1.82. The number of nitrogens with zero attached hydrogens (tertiary/aromatic N) is 2. The zero-order valence-corrected chi connectivity index (χ0v) is 14.9. The number of anilines is 1. The number of morpholine rings is 2. The summed E-state index contributed by atoms with van der Waals surface area (Å²) in [5.41, 5.74) is 2.37. The van der Waals surface area contributed by atoms with Crippen LogP contribution < -0.4 is 4.90 Å². The Bertz CT molecular complexity index is 606. The van der Waals surface area contributed by atoms with Crippen molar-refractivity contribution < 1.29 is 22.6 Å². The molecule has 4 nitrogen and oxygen atoms in total. The van der Waals surface area contributed by atoms with E-state index >= 15 is 0 Å². The number of rotatable bonds is 3. The molecule has 25 heavy (non-hydrogen) atoms. The molecule has 2 aliphatic heterocycles. The topological polar surface area (TPSA) is 24.9 Å². The van der Waals surface area contributed by atoms with Crippen LogP contribution in [0.2, 0.25) is 5.02 Å². The van der Waals surface area contributed by atoms with Gasteiger partial charge >= 0.3 is 6.18 Å². The number of ether oxygens (including phenoxy) is 2. The molecule has 0 N–H and O–H groups in total. The number of hydrogen-bond donors (Lipinski definition) is 0. The summed E-state index contributed by atoms with van der Waals surface area (Å²) in [5.74, 6) is 0. The van der Waals surface area contributed by atoms with Crippen molar-refractivity contribution in [2.75, 3.05) is 51.0 Å². The highest BCUT2D eigenvalue weighted by molar-refractivity contribution is 6.31. The third-order valence-electron chi connectivity index (χ3n) is 4.77. The van der Waals surface area contributed by atoms with Crippen molar-refractivity contribution in [1.82, 2.24) is 4.90 Å². The van der Waals surface area contributed by atoms with Crippen LogP contribution in [0.4, 0.5) is 18.9 Å². The molecule has 0 bridgehead atoms. The van der Waals surface area contributed by atoms with E-state index in [2.05, 4.69) is 4.90 Å². The highest BCUT2D eigenvalue weighted by Crippen LogP contribution is 2.34. The maximum atomic E-state index is 13.4. The van der Waals surface area contributed by atoms with Crippen LogP contribution >= 0.6 is 11.6 Å². The standard InChI is InChI=1S/C17H22ClF3N2O2/c1-12-13(10-22-2-5-24-6-3-22)8-14(9-15(12)18)23-4-7-25-11-16(23)17(19,20)21/h8-9,16H,2-7,10-11H2,1H3. The summed E-state index contributed by atoms with van der Waals surface area (Å²) in [4.78, 5) is 3.59. The van der Waals surface area contributed by atoms with E-state index in [1.807, 2.05) is 13.0 Å². The monoisotopic (exact) mass is 378 g/mol. The second-order valence-corrected chi connectivity index (χ2v) is 6.83. The van der Waals surface area contributed by atoms with Gasteiger partial charge in [0, 0.05) is 36.9 Å². The minimum absolute atomic E-state index is 0.195. The molecular weight excluding hydrogens is 357 g/mol. The van der Waals surface area contributed by atoms with Gasteiger partial charge in [-0.25, -0.2) is 0 Å². The maximum Gasteiger partial charge on any atom is 0.411 e. The van der Waals surface area contributed by atoms with E-state index in [0.29, 0.717) is 30.5 Å². The van der Waals surface area contributed by atoms with Gasteiger partial charge in [-0.15, -0.1) is 0 Å². The third kappa shape index (κ3) is 4.39. The van der Waals surface area contributed by atoms with Crippen LogP contribution in [-0.2, 0) is 16.0 Å². The van der Waals surface area contributed by atoms with Crippen LogP contribution in [-0.4, -0.2) is 63.2 Å². The average molecular weight is 379 g/mol. The molecule has 8 heteroatoms. The summed E-state index contributed by atoms with van der Waals surface area (Å²) in [5, 5.41) is 0.494. The van der Waals surface area contributed by atoms with Crippen molar-refractivity contribution in [2.45, 2.75) is 25.7 Å². The lowest BCUT2D eigenvalue weighted by molar-refractivity contribution is -0.167. The van der Waals surface area contributed by atoms with Gasteiger partial charge in [0.2, 0.25) is 0 Å². The Hall–Kier alpha value is -1.02. The van der Waals surface area contributed by atoms with Crippen LogP contribution in [0.1, 0.15) is 11.1 Å². The Morgan fingerprint density at radius 1 is 1.12 bits per heavy atom. The van der Waals surface area contributed by atoms with Crippen molar-refractivity contribution in [3.05, 3.63) is 28.3 Å². The van der Waals surface area contributed by atoms with E-state index in [0.717, 1.165) is 24.2 Å². The van der Waals surface area contributed by atoms with E-state index in [1.54, 1.807) is 6.07 Å². The number of hydrogen-bond acceptors (Lipinski definition) is 4. The lowest BCUT2D eigenvalue weighted by atomic mass is 10.0. The van der Waals surface area contributed by atoms with Crippen molar-refractivity contribution in [1.29, 1.82) is 0 Å². The van der Waals surface area contributed by atoms with E-state index in [1.165, 1.54) is 4.90 Å². The average Bonchev–Trinajstić information content (AvgIpc) is 2.59. The fraction of sp³-hybridized carbons (Fsp3) is 0.647. The number of benzene rings is 1. The third-order valence-corrected chi connectivity index (χ3v) is 5.16. The van der Waals surface area contributed by atoms with Crippen molar-refractivity contribution in [2.24, 2.45) is 0 Å². The summed E-state index contributed by atoms with van der Waals surface area (Å²) in [7, 11) is 0. The number of halogens is 4. The van der Waals surface area contributed by atoms with Gasteiger partial charge in [0.1, 0.15) is 6.04 Å². The van der Waals surface area contributed by atoms with Crippen molar-refractivity contribution in [3.63, 3.8) is 0 Å². The summed E-state index contributed by atoms with van der Waals surface area (Å²) >= 11 is 6.34. The maximum absolute atomic E-state index is 13.4. The Balaban J connectivity index is 1.87. The summed E-state index contributed by atoms with van der Waals surface area (Å²) < 4.78 is 50.5. The molecule has 0 amide bonds. The van der Waals surface area contributed by atoms with Crippen LogP contribution in [0.15, 0.2) is 12.1 Å². The molecule has 0 saturated carbocycles. The summed E-state index contributed by atoms with van der Waals surface area (Å²) in [6.07, 6.45) is -4.35. The van der Waals surface area contributed by atoms with Crippen LogP contribution in [0.25, 0.3) is 0 Å². The van der Waals surface area contributed by atoms with Crippen molar-refractivity contribution in [3.8, 4) is 0 Å². The quantitative estimate of drug-likeness (QED) is 0.806. The minimum atomic E-state index is -4.35. The molecule has 0 radical (unpaired) electrons. The zero-order valence-electron chi connectivity index (χ0n) is 14.1. The largest absolute Gasteiger partial charge is 0.411 e. The van der Waals surface area contributed by atoms with E-state index in [9.17, 15) is 13.2 Å². The molecule has 2 fully saturated rings. The second kappa shape index (κ2) is 7.70. The van der Waals surface area contributed by atoms with E-state index in [-0.39, 0.29) is 19.8 Å². The van der Waals surface area contributed by atoms with Crippen LogP contribution in [0.5, 0.6) is 0 Å². The molecule has 1 atom stereocenters. The minimum Gasteiger partial charge on any atom is -0.379 e. The predicted molar refractivity (Wildman–Crippen MR) is 90.3 cm³/mol. The first-order chi connectivity index (χ1) is 11.9. The predicted octanol–water partition coefficient (Wildman–Crippen LogP) is 3.25. The molecule has 3 rings (SSSR count). The Morgan fingerprint density at radius 3 is 2.48 bits per heavy atom. The van der Waals surface area contributed by atoms with E-state index < -0.39 is 12.2 Å². The van der Waals surface area contributed by atoms with Gasteiger partial charge in [0.25, 0.3) is 0 Å². The SMILES string of the molecule is Cc1c(Cl)cc(N2CCOCC2C(F)(F)F)cc1CN1CCOCC1. The van der Waals surface area contributed by atoms with Crippen LogP contribution in [0, 0.1) is 6.92 Å². The lowest BCUT2D eigenvalue weighted by Gasteiger charge is -2.38. The highest BCUT2D eigenvalue weighted by Gasteiger charge is 2.45. The van der Waals surface area contributed by atoms with Gasteiger partial charge in [-0.1, -0.05) is 11.6 Å². The fourth-order valence-electron chi connectivity index (χ4n) is 3.23. The molecule has 2 heterocycles. The van der Waals surface area contributed by atoms with Gasteiger partial charge < -0.3 is 14.4 Å². The molecule has 2 saturated heterocycles. The van der Waals surface area contributed by atoms with Gasteiger partial charge in [-0.05, 0) is 30.2 Å². The zero-order chi connectivity index (χ0) is 18.0. The molecule has 1 aromatic carbocycles. The molecule has 2 aliphatic rings. The fourth-order valence-corrected chi connectivity index (χ4v) is 3.47. The molecule has 1 unspecified atom stereocenters. The van der Waals surface area contributed by atoms with Gasteiger partial charge in [0.05, 0.1) is 26.4 Å². The van der Waals surface area contributed by atoms with Crippen molar-refractivity contribution >= 4 is 17.3 Å². The molecule has 0 spiro atoms. The number of alkyl halides is 3. The molecular formula is C17H22ClF3N2O2. The molecule has 1 aromatic rings. The lowest BCUT2D eigenvalue weighted by Crippen LogP contribution is -2.53. The molecule has 0 aromatic heterocycles. The first-order valence-electron chi connectivity index (χ1n) is 8.36. The Labute approximate surface area is 150 Å². The smallest absolute Gasteiger partial charge is 0.379 e. The Kier molecular flexibility index (Phi) is 5.78. The Morgan fingerprint density at radius 2 is 1.80 bits per heavy atom. The summed E-state index contributed by atoms with van der Waals surface area (Å²) in [6.45, 7) is 5.64. The molecule has 140 valence electrons. The second-order valence-electron chi connectivity index (χ2n) is 6.43. The first-order valence-corrected chi connectivity index (χ1v) is 8.74. The normalized spacial score (nSPS) is 23.1. The first kappa shape index (κ1) is 18.8. The highest BCUT2D eigenvalue weighted by atomic mass is 35.5. The van der Waals surface area contributed by atoms with Gasteiger partial charge in [-0.3, -0.25) is 4.90 Å². The van der Waals surface area contributed by atoms with Gasteiger partial charge in [-0.2, -0.15) is 13.2 Å². The van der Waals surface area contributed by atoms with Gasteiger partial charge in [0.15, 0.2) is 0 Å². The molecule has 0 aliphatic carbocycles.